The quantitative estimate of drug-likeness (QED) is 0.928. The van der Waals surface area contributed by atoms with Gasteiger partial charge >= 0.3 is 0 Å². The highest BCUT2D eigenvalue weighted by Crippen LogP contribution is 2.29. The molecule has 1 aromatic rings. The summed E-state index contributed by atoms with van der Waals surface area (Å²) < 4.78 is 31.5. The van der Waals surface area contributed by atoms with Crippen molar-refractivity contribution in [1.82, 2.24) is 4.90 Å². The van der Waals surface area contributed by atoms with E-state index in [0.717, 1.165) is 11.4 Å². The Labute approximate surface area is 129 Å². The molecular weight excluding hydrogens is 290 g/mol. The highest BCUT2D eigenvalue weighted by Gasteiger charge is 2.39. The van der Waals surface area contributed by atoms with Crippen LogP contribution in [0.2, 0.25) is 0 Å². The van der Waals surface area contributed by atoms with Crippen molar-refractivity contribution in [3.8, 4) is 5.75 Å². The fraction of sp³-hybridized carbons (Fsp3) is 0.562. The highest BCUT2D eigenvalue weighted by atomic mass is 19.3. The number of hydrogen-bond donors (Lipinski definition) is 1. The van der Waals surface area contributed by atoms with Crippen LogP contribution in [0.4, 0.5) is 14.5 Å². The third-order valence-electron chi connectivity index (χ3n) is 3.86. The fourth-order valence-corrected chi connectivity index (χ4v) is 2.52. The number of rotatable bonds is 4. The van der Waals surface area contributed by atoms with Crippen LogP contribution in [0.25, 0.3) is 0 Å². The van der Waals surface area contributed by atoms with E-state index in [-0.39, 0.29) is 31.8 Å². The van der Waals surface area contributed by atoms with Crippen molar-refractivity contribution in [3.05, 3.63) is 24.3 Å². The van der Waals surface area contributed by atoms with Crippen LogP contribution in [0.3, 0.4) is 0 Å². The van der Waals surface area contributed by atoms with Crippen LogP contribution in [0.1, 0.15) is 26.7 Å². The molecule has 1 amide bonds. The normalized spacial score (nSPS) is 18.0. The number of carbonyl (C=O) groups is 1. The van der Waals surface area contributed by atoms with E-state index in [2.05, 4.69) is 5.32 Å². The first-order chi connectivity index (χ1) is 10.2. The number of alkyl halides is 2. The largest absolute Gasteiger partial charge is 0.497 e. The van der Waals surface area contributed by atoms with Crippen LogP contribution in [-0.4, -0.2) is 42.5 Å². The number of nitrogens with one attached hydrogen (secondary N) is 1. The molecule has 0 atom stereocenters. The average Bonchev–Trinajstić information content (AvgIpc) is 2.47. The fourth-order valence-electron chi connectivity index (χ4n) is 2.52. The third-order valence-corrected chi connectivity index (χ3v) is 3.86. The number of hydrogen-bond acceptors (Lipinski definition) is 3. The summed E-state index contributed by atoms with van der Waals surface area (Å²) in [5, 5.41) is 3.15. The van der Waals surface area contributed by atoms with Gasteiger partial charge in [0.1, 0.15) is 11.3 Å². The summed E-state index contributed by atoms with van der Waals surface area (Å²) in [6.45, 7) is 3.71. The number of halogens is 2. The van der Waals surface area contributed by atoms with Gasteiger partial charge in [-0.15, -0.1) is 0 Å². The van der Waals surface area contributed by atoms with E-state index < -0.39 is 11.5 Å². The van der Waals surface area contributed by atoms with Crippen LogP contribution in [0.5, 0.6) is 5.75 Å². The maximum Gasteiger partial charge on any atom is 0.251 e. The van der Waals surface area contributed by atoms with E-state index in [1.54, 1.807) is 33.1 Å². The molecule has 22 heavy (non-hydrogen) atoms. The predicted octanol–water partition coefficient (Wildman–Crippen LogP) is 3.14. The number of nitrogens with zero attached hydrogens (tertiary/aromatic N) is 1. The van der Waals surface area contributed by atoms with E-state index in [1.165, 1.54) is 4.90 Å². The molecular formula is C16H22F2N2O2. The van der Waals surface area contributed by atoms with Gasteiger partial charge in [0.25, 0.3) is 5.92 Å². The molecule has 0 radical (unpaired) electrons. The third kappa shape index (κ3) is 3.87. The van der Waals surface area contributed by atoms with Crippen molar-refractivity contribution in [1.29, 1.82) is 0 Å². The molecule has 1 aromatic carbocycles. The lowest BCUT2D eigenvalue weighted by molar-refractivity contribution is -0.141. The molecule has 2 rings (SSSR count). The Morgan fingerprint density at radius 1 is 1.23 bits per heavy atom. The minimum atomic E-state index is -2.65. The van der Waals surface area contributed by atoms with Gasteiger partial charge in [-0.2, -0.15) is 0 Å². The first kappa shape index (κ1) is 16.5. The molecule has 1 aliphatic rings. The van der Waals surface area contributed by atoms with Crippen LogP contribution in [0.15, 0.2) is 24.3 Å². The molecule has 1 N–H and O–H groups in total. The topological polar surface area (TPSA) is 41.6 Å². The van der Waals surface area contributed by atoms with Gasteiger partial charge in [-0.25, -0.2) is 8.78 Å². The Morgan fingerprint density at radius 2 is 1.77 bits per heavy atom. The number of ether oxygens (including phenoxy) is 1. The molecule has 0 unspecified atom stereocenters. The number of piperidine rings is 1. The highest BCUT2D eigenvalue weighted by molar-refractivity contribution is 5.88. The van der Waals surface area contributed by atoms with E-state index in [1.807, 2.05) is 12.1 Å². The van der Waals surface area contributed by atoms with Gasteiger partial charge in [-0.3, -0.25) is 4.79 Å². The predicted molar refractivity (Wildman–Crippen MR) is 81.5 cm³/mol. The molecule has 0 aliphatic carbocycles. The average molecular weight is 312 g/mol. The van der Waals surface area contributed by atoms with Crippen LogP contribution in [0, 0.1) is 0 Å². The van der Waals surface area contributed by atoms with E-state index in [9.17, 15) is 13.6 Å². The van der Waals surface area contributed by atoms with Gasteiger partial charge < -0.3 is 15.0 Å². The second-order valence-corrected chi connectivity index (χ2v) is 6.13. The Hall–Kier alpha value is -1.85. The van der Waals surface area contributed by atoms with Gasteiger partial charge in [-0.1, -0.05) is 0 Å². The van der Waals surface area contributed by atoms with Crippen molar-refractivity contribution in [2.75, 3.05) is 25.5 Å². The van der Waals surface area contributed by atoms with E-state index in [0.29, 0.717) is 0 Å². The van der Waals surface area contributed by atoms with Gasteiger partial charge in [0.2, 0.25) is 5.91 Å². The van der Waals surface area contributed by atoms with Crippen molar-refractivity contribution in [2.45, 2.75) is 38.2 Å². The summed E-state index contributed by atoms with van der Waals surface area (Å²) in [4.78, 5) is 14.1. The zero-order valence-electron chi connectivity index (χ0n) is 13.2. The van der Waals surface area contributed by atoms with Crippen LogP contribution in [-0.2, 0) is 4.79 Å². The maximum absolute atomic E-state index is 13.2. The van der Waals surface area contributed by atoms with Crippen molar-refractivity contribution in [3.63, 3.8) is 0 Å². The number of likely N-dealkylation sites (tertiary alicyclic amines) is 1. The monoisotopic (exact) mass is 312 g/mol. The first-order valence-electron chi connectivity index (χ1n) is 7.33. The zero-order valence-corrected chi connectivity index (χ0v) is 13.2. The number of amides is 1. The van der Waals surface area contributed by atoms with Gasteiger partial charge in [-0.05, 0) is 38.1 Å². The first-order valence-corrected chi connectivity index (χ1v) is 7.33. The lowest BCUT2D eigenvalue weighted by Crippen LogP contribution is -2.53. The molecule has 1 fully saturated rings. The van der Waals surface area contributed by atoms with Crippen LogP contribution < -0.4 is 10.1 Å². The summed E-state index contributed by atoms with van der Waals surface area (Å²) in [5.74, 6) is -2.09. The summed E-state index contributed by atoms with van der Waals surface area (Å²) in [7, 11) is 1.59. The summed E-state index contributed by atoms with van der Waals surface area (Å²) in [6.07, 6.45) is -0.533. The summed E-state index contributed by atoms with van der Waals surface area (Å²) in [6, 6.07) is 7.23. The maximum atomic E-state index is 13.2. The van der Waals surface area contributed by atoms with Gasteiger partial charge in [0.15, 0.2) is 0 Å². The molecule has 0 bridgehead atoms. The number of carbonyl (C=O) groups excluding carboxylic acids is 1. The Bertz CT molecular complexity index is 519. The lowest BCUT2D eigenvalue weighted by atomic mass is 9.99. The zero-order chi connectivity index (χ0) is 16.4. The molecule has 1 heterocycles. The standard InChI is InChI=1S/C16H22F2N2O2/c1-15(2,19-12-4-6-13(22-3)7-5-12)14(21)20-10-8-16(17,18)9-11-20/h4-7,19H,8-11H2,1-3H3. The lowest BCUT2D eigenvalue weighted by Gasteiger charge is -2.37. The number of methoxy groups -OCH3 is 1. The Kier molecular flexibility index (Phi) is 4.58. The summed E-state index contributed by atoms with van der Waals surface area (Å²) >= 11 is 0. The molecule has 122 valence electrons. The molecule has 0 aromatic heterocycles. The van der Waals surface area contributed by atoms with Crippen molar-refractivity contribution in [2.24, 2.45) is 0 Å². The molecule has 0 spiro atoms. The van der Waals surface area contributed by atoms with Crippen molar-refractivity contribution < 1.29 is 18.3 Å². The van der Waals surface area contributed by atoms with Crippen LogP contribution >= 0.6 is 0 Å². The Morgan fingerprint density at radius 3 is 2.27 bits per heavy atom. The van der Waals surface area contributed by atoms with E-state index in [4.69, 9.17) is 4.74 Å². The SMILES string of the molecule is COc1ccc(NC(C)(C)C(=O)N2CCC(F)(F)CC2)cc1. The smallest absolute Gasteiger partial charge is 0.251 e. The van der Waals surface area contributed by atoms with Gasteiger partial charge in [0.05, 0.1) is 7.11 Å². The minimum Gasteiger partial charge on any atom is -0.497 e. The molecule has 4 nitrogen and oxygen atoms in total. The number of benzene rings is 1. The molecule has 1 aliphatic heterocycles. The second kappa shape index (κ2) is 6.10. The second-order valence-electron chi connectivity index (χ2n) is 6.13. The summed E-state index contributed by atoms with van der Waals surface area (Å²) in [5.41, 5.74) is -0.0807. The van der Waals surface area contributed by atoms with Gasteiger partial charge in [0, 0.05) is 31.6 Å². The van der Waals surface area contributed by atoms with E-state index >= 15 is 0 Å². The van der Waals surface area contributed by atoms with Crippen molar-refractivity contribution >= 4 is 11.6 Å². The minimum absolute atomic E-state index is 0.0968. The molecule has 6 heteroatoms. The molecule has 1 saturated heterocycles. The number of anilines is 1. The Balaban J connectivity index is 2.01. The molecule has 0 saturated carbocycles.